The molecule has 4 heteroatoms. The van der Waals surface area contributed by atoms with E-state index in [1.165, 1.54) is 5.56 Å². The Kier molecular flexibility index (Phi) is 4.13. The van der Waals surface area contributed by atoms with Crippen LogP contribution in [0.1, 0.15) is 40.8 Å². The van der Waals surface area contributed by atoms with Crippen molar-refractivity contribution in [1.29, 1.82) is 0 Å². The number of hydrogen-bond acceptors (Lipinski definition) is 3. The summed E-state index contributed by atoms with van der Waals surface area (Å²) >= 11 is 0. The number of nitrogens with zero attached hydrogens (tertiary/aromatic N) is 2. The Hall–Kier alpha value is -2.23. The molecule has 0 saturated heterocycles. The van der Waals surface area contributed by atoms with Crippen molar-refractivity contribution in [3.05, 3.63) is 46.9 Å². The molecule has 0 bridgehead atoms. The lowest BCUT2D eigenvalue weighted by Gasteiger charge is -2.09. The van der Waals surface area contributed by atoms with Gasteiger partial charge in [-0.3, -0.25) is 0 Å². The molecule has 0 radical (unpaired) electrons. The van der Waals surface area contributed by atoms with Crippen molar-refractivity contribution >= 4 is 5.97 Å². The van der Waals surface area contributed by atoms with Crippen LogP contribution in [-0.2, 0) is 6.42 Å². The average molecular weight is 270 g/mol. The van der Waals surface area contributed by atoms with Crippen LogP contribution in [0.25, 0.3) is 11.3 Å². The maximum Gasteiger partial charge on any atom is 0.339 e. The summed E-state index contributed by atoms with van der Waals surface area (Å²) in [6.45, 7) is 5.61. The van der Waals surface area contributed by atoms with Crippen molar-refractivity contribution in [3.63, 3.8) is 0 Å². The third kappa shape index (κ3) is 2.85. The number of aromatic nitrogens is 2. The van der Waals surface area contributed by atoms with Crippen LogP contribution in [-0.4, -0.2) is 21.0 Å². The third-order valence-electron chi connectivity index (χ3n) is 3.18. The van der Waals surface area contributed by atoms with E-state index in [-0.39, 0.29) is 5.56 Å². The number of carboxylic acids is 1. The number of rotatable bonds is 4. The fourth-order valence-corrected chi connectivity index (χ4v) is 2.30. The standard InChI is InChI=1S/C16H18N2O2/c1-4-5-12-6-8-13(9-7-12)15-14(16(19)20)10(2)17-11(3)18-15/h6-9H,4-5H2,1-3H3,(H,19,20). The molecule has 0 atom stereocenters. The van der Waals surface area contributed by atoms with Gasteiger partial charge in [0.1, 0.15) is 11.4 Å². The summed E-state index contributed by atoms with van der Waals surface area (Å²) in [5, 5.41) is 9.36. The lowest BCUT2D eigenvalue weighted by Crippen LogP contribution is -2.08. The van der Waals surface area contributed by atoms with Gasteiger partial charge >= 0.3 is 5.97 Å². The van der Waals surface area contributed by atoms with Gasteiger partial charge in [-0.05, 0) is 25.8 Å². The predicted molar refractivity (Wildman–Crippen MR) is 77.9 cm³/mol. The molecular weight excluding hydrogens is 252 g/mol. The highest BCUT2D eigenvalue weighted by Crippen LogP contribution is 2.24. The molecule has 0 spiro atoms. The van der Waals surface area contributed by atoms with Crippen molar-refractivity contribution in [2.24, 2.45) is 0 Å². The van der Waals surface area contributed by atoms with Crippen LogP contribution in [0.4, 0.5) is 0 Å². The van der Waals surface area contributed by atoms with Crippen LogP contribution in [0.3, 0.4) is 0 Å². The first-order valence-corrected chi connectivity index (χ1v) is 6.70. The molecule has 2 rings (SSSR count). The predicted octanol–water partition coefficient (Wildman–Crippen LogP) is 3.41. The van der Waals surface area contributed by atoms with Crippen LogP contribution >= 0.6 is 0 Å². The maximum absolute atomic E-state index is 11.4. The Bertz CT molecular complexity index is 634. The Balaban J connectivity index is 2.53. The minimum Gasteiger partial charge on any atom is -0.478 e. The molecule has 104 valence electrons. The summed E-state index contributed by atoms with van der Waals surface area (Å²) in [4.78, 5) is 19.9. The largest absolute Gasteiger partial charge is 0.478 e. The highest BCUT2D eigenvalue weighted by atomic mass is 16.4. The van der Waals surface area contributed by atoms with Crippen molar-refractivity contribution in [3.8, 4) is 11.3 Å². The molecule has 1 heterocycles. The fraction of sp³-hybridized carbons (Fsp3) is 0.312. The van der Waals surface area contributed by atoms with E-state index in [2.05, 4.69) is 16.9 Å². The Morgan fingerprint density at radius 2 is 1.80 bits per heavy atom. The summed E-state index contributed by atoms with van der Waals surface area (Å²) in [6.07, 6.45) is 2.11. The van der Waals surface area contributed by atoms with Gasteiger partial charge in [0, 0.05) is 5.56 Å². The first-order chi connectivity index (χ1) is 9.52. The second kappa shape index (κ2) is 5.82. The Morgan fingerprint density at radius 1 is 1.15 bits per heavy atom. The number of aromatic carboxylic acids is 1. The monoisotopic (exact) mass is 270 g/mol. The molecule has 0 aliphatic heterocycles. The summed E-state index contributed by atoms with van der Waals surface area (Å²) in [5.74, 6) is -0.407. The summed E-state index contributed by atoms with van der Waals surface area (Å²) in [6, 6.07) is 7.91. The number of carbonyl (C=O) groups is 1. The molecule has 0 saturated carbocycles. The molecule has 1 N–H and O–H groups in total. The first-order valence-electron chi connectivity index (χ1n) is 6.70. The molecule has 0 amide bonds. The average Bonchev–Trinajstić information content (AvgIpc) is 2.38. The van der Waals surface area contributed by atoms with Crippen molar-refractivity contribution in [1.82, 2.24) is 9.97 Å². The van der Waals surface area contributed by atoms with Gasteiger partial charge in [-0.15, -0.1) is 0 Å². The van der Waals surface area contributed by atoms with Crippen molar-refractivity contribution in [2.75, 3.05) is 0 Å². The number of aryl methyl sites for hydroxylation is 3. The molecule has 2 aromatic rings. The second-order valence-corrected chi connectivity index (χ2v) is 4.83. The molecule has 1 aromatic heterocycles. The fourth-order valence-electron chi connectivity index (χ4n) is 2.30. The van der Waals surface area contributed by atoms with Crippen LogP contribution in [0, 0.1) is 13.8 Å². The summed E-state index contributed by atoms with van der Waals surface area (Å²) in [5.41, 5.74) is 3.23. The van der Waals surface area contributed by atoms with Gasteiger partial charge < -0.3 is 5.11 Å². The van der Waals surface area contributed by atoms with Gasteiger partial charge in [0.15, 0.2) is 0 Å². The van der Waals surface area contributed by atoms with Gasteiger partial charge in [-0.1, -0.05) is 37.6 Å². The van der Waals surface area contributed by atoms with E-state index < -0.39 is 5.97 Å². The minimum absolute atomic E-state index is 0.179. The molecule has 0 fully saturated rings. The van der Waals surface area contributed by atoms with E-state index >= 15 is 0 Å². The Morgan fingerprint density at radius 3 is 2.35 bits per heavy atom. The highest BCUT2D eigenvalue weighted by Gasteiger charge is 2.18. The lowest BCUT2D eigenvalue weighted by atomic mass is 10.0. The van der Waals surface area contributed by atoms with Gasteiger partial charge in [-0.2, -0.15) is 0 Å². The van der Waals surface area contributed by atoms with Crippen molar-refractivity contribution in [2.45, 2.75) is 33.6 Å². The quantitative estimate of drug-likeness (QED) is 0.924. The summed E-state index contributed by atoms with van der Waals surface area (Å²) < 4.78 is 0. The van der Waals surface area contributed by atoms with Crippen LogP contribution in [0.2, 0.25) is 0 Å². The molecule has 0 unspecified atom stereocenters. The normalized spacial score (nSPS) is 10.6. The van der Waals surface area contributed by atoms with E-state index in [9.17, 15) is 9.90 Å². The second-order valence-electron chi connectivity index (χ2n) is 4.83. The molecular formula is C16H18N2O2. The molecule has 20 heavy (non-hydrogen) atoms. The van der Waals surface area contributed by atoms with E-state index in [1.54, 1.807) is 13.8 Å². The number of carboxylic acid groups (broad SMARTS) is 1. The van der Waals surface area contributed by atoms with Gasteiger partial charge in [0.25, 0.3) is 0 Å². The van der Waals surface area contributed by atoms with Gasteiger partial charge in [0.05, 0.1) is 11.4 Å². The van der Waals surface area contributed by atoms with Gasteiger partial charge in [0.2, 0.25) is 0 Å². The third-order valence-corrected chi connectivity index (χ3v) is 3.18. The van der Waals surface area contributed by atoms with E-state index in [4.69, 9.17) is 0 Å². The lowest BCUT2D eigenvalue weighted by molar-refractivity contribution is 0.0696. The number of hydrogen-bond donors (Lipinski definition) is 1. The van der Waals surface area contributed by atoms with E-state index in [0.29, 0.717) is 17.2 Å². The first kappa shape index (κ1) is 14.2. The minimum atomic E-state index is -0.991. The number of benzene rings is 1. The van der Waals surface area contributed by atoms with Crippen LogP contribution in [0.15, 0.2) is 24.3 Å². The topological polar surface area (TPSA) is 63.1 Å². The Labute approximate surface area is 118 Å². The van der Waals surface area contributed by atoms with Gasteiger partial charge in [-0.25, -0.2) is 14.8 Å². The molecule has 4 nitrogen and oxygen atoms in total. The zero-order valence-corrected chi connectivity index (χ0v) is 12.0. The van der Waals surface area contributed by atoms with E-state index in [0.717, 1.165) is 18.4 Å². The maximum atomic E-state index is 11.4. The molecule has 1 aromatic carbocycles. The zero-order chi connectivity index (χ0) is 14.7. The summed E-state index contributed by atoms with van der Waals surface area (Å²) in [7, 11) is 0. The van der Waals surface area contributed by atoms with Crippen molar-refractivity contribution < 1.29 is 9.90 Å². The molecule has 0 aliphatic carbocycles. The van der Waals surface area contributed by atoms with E-state index in [1.807, 2.05) is 24.3 Å². The zero-order valence-electron chi connectivity index (χ0n) is 12.0. The molecule has 0 aliphatic rings. The smallest absolute Gasteiger partial charge is 0.339 e. The van der Waals surface area contributed by atoms with Crippen LogP contribution < -0.4 is 0 Å². The highest BCUT2D eigenvalue weighted by molar-refractivity contribution is 5.95. The van der Waals surface area contributed by atoms with Crippen LogP contribution in [0.5, 0.6) is 0 Å². The SMILES string of the molecule is CCCc1ccc(-c2nc(C)nc(C)c2C(=O)O)cc1.